The minimum atomic E-state index is -0.0228. The first-order chi connectivity index (χ1) is 13.7. The maximum atomic E-state index is 12.8. The Morgan fingerprint density at radius 3 is 2.50 bits per heavy atom. The van der Waals surface area contributed by atoms with Crippen molar-refractivity contribution in [2.45, 2.75) is 19.4 Å². The van der Waals surface area contributed by atoms with E-state index in [4.69, 9.17) is 11.6 Å². The third-order valence-electron chi connectivity index (χ3n) is 4.83. The fraction of sp³-hybridized carbons (Fsp3) is 0.174. The molecule has 0 bridgehead atoms. The molecule has 4 rings (SSSR count). The van der Waals surface area contributed by atoms with Gasteiger partial charge < -0.3 is 9.88 Å². The molecule has 0 radical (unpaired) electrons. The molecular formula is C23H21ClN2OS. The number of hydrogen-bond donors (Lipinski definition) is 1. The number of nitrogens with zero attached hydrogens (tertiary/aromatic N) is 1. The fourth-order valence-electron chi connectivity index (χ4n) is 3.35. The summed E-state index contributed by atoms with van der Waals surface area (Å²) in [5.74, 6) is -0.0228. The number of hydrogen-bond acceptors (Lipinski definition) is 2. The average Bonchev–Trinajstić information content (AvgIpc) is 3.30. The number of carbonyl (C=O) groups excluding carboxylic acids is 1. The van der Waals surface area contributed by atoms with Gasteiger partial charge in [0.05, 0.1) is 10.2 Å². The number of halogens is 1. The van der Waals surface area contributed by atoms with Crippen LogP contribution in [0.4, 0.5) is 0 Å². The zero-order valence-corrected chi connectivity index (χ0v) is 17.0. The number of benzene rings is 2. The number of rotatable bonds is 7. The Labute approximate surface area is 173 Å². The van der Waals surface area contributed by atoms with Gasteiger partial charge in [-0.25, -0.2) is 0 Å². The van der Waals surface area contributed by atoms with Crippen molar-refractivity contribution in [1.82, 2.24) is 9.88 Å². The molecule has 2 aromatic carbocycles. The van der Waals surface area contributed by atoms with E-state index in [-0.39, 0.29) is 5.91 Å². The second-order valence-electron chi connectivity index (χ2n) is 6.72. The molecule has 0 aliphatic rings. The Morgan fingerprint density at radius 1 is 0.964 bits per heavy atom. The number of fused-ring (bicyclic) bond motifs is 1. The summed E-state index contributed by atoms with van der Waals surface area (Å²) in [6.07, 6.45) is 1.67. The second-order valence-corrected chi connectivity index (χ2v) is 8.10. The molecule has 2 heterocycles. The maximum Gasteiger partial charge on any atom is 0.267 e. The monoisotopic (exact) mass is 408 g/mol. The molecule has 28 heavy (non-hydrogen) atoms. The first-order valence-corrected chi connectivity index (χ1v) is 10.6. The van der Waals surface area contributed by atoms with Crippen molar-refractivity contribution in [3.05, 3.63) is 94.0 Å². The number of aryl methyl sites for hydroxylation is 2. The van der Waals surface area contributed by atoms with Crippen molar-refractivity contribution in [2.24, 2.45) is 0 Å². The highest BCUT2D eigenvalue weighted by Crippen LogP contribution is 2.26. The predicted molar refractivity (Wildman–Crippen MR) is 117 cm³/mol. The summed E-state index contributed by atoms with van der Waals surface area (Å²) in [5.41, 5.74) is 4.29. The van der Waals surface area contributed by atoms with E-state index in [0.717, 1.165) is 45.9 Å². The molecule has 0 saturated carbocycles. The SMILES string of the molecule is O=C(NCCc1ccc(Cl)cc1)c1cc2sccc2n1CCc1ccccc1. The summed E-state index contributed by atoms with van der Waals surface area (Å²) in [7, 11) is 0. The van der Waals surface area contributed by atoms with Gasteiger partial charge >= 0.3 is 0 Å². The molecule has 0 unspecified atom stereocenters. The number of thiophene rings is 1. The van der Waals surface area contributed by atoms with Crippen LogP contribution < -0.4 is 5.32 Å². The molecule has 3 nitrogen and oxygen atoms in total. The van der Waals surface area contributed by atoms with Gasteiger partial charge in [0, 0.05) is 18.1 Å². The standard InChI is InChI=1S/C23H21ClN2OS/c24-19-8-6-18(7-9-19)10-13-25-23(27)21-16-22-20(12-15-28-22)26(21)14-11-17-4-2-1-3-5-17/h1-9,12,15-16H,10-11,13-14H2,(H,25,27). The van der Waals surface area contributed by atoms with Gasteiger partial charge in [0.25, 0.3) is 5.91 Å². The number of aromatic nitrogens is 1. The Bertz CT molecular complexity index is 1070. The van der Waals surface area contributed by atoms with Crippen molar-refractivity contribution in [2.75, 3.05) is 6.54 Å². The van der Waals surface area contributed by atoms with Crippen LogP contribution in [0.5, 0.6) is 0 Å². The lowest BCUT2D eigenvalue weighted by atomic mass is 10.1. The Morgan fingerprint density at radius 2 is 1.71 bits per heavy atom. The average molecular weight is 409 g/mol. The van der Waals surface area contributed by atoms with Gasteiger partial charge in [-0.1, -0.05) is 54.1 Å². The summed E-state index contributed by atoms with van der Waals surface area (Å²) in [6.45, 7) is 1.38. The highest BCUT2D eigenvalue weighted by Gasteiger charge is 2.16. The van der Waals surface area contributed by atoms with Gasteiger partial charge in [0.15, 0.2) is 0 Å². The Kier molecular flexibility index (Phi) is 5.79. The molecule has 1 N–H and O–H groups in total. The summed E-state index contributed by atoms with van der Waals surface area (Å²) in [5, 5.41) is 5.86. The molecular weight excluding hydrogens is 388 g/mol. The lowest BCUT2D eigenvalue weighted by molar-refractivity contribution is 0.0945. The van der Waals surface area contributed by atoms with Crippen LogP contribution in [0.15, 0.2) is 72.1 Å². The quantitative estimate of drug-likeness (QED) is 0.426. The number of nitrogens with one attached hydrogen (secondary N) is 1. The normalized spacial score (nSPS) is 11.0. The summed E-state index contributed by atoms with van der Waals surface area (Å²) in [6, 6.07) is 22.2. The van der Waals surface area contributed by atoms with Crippen LogP contribution in [0.2, 0.25) is 5.02 Å². The molecule has 5 heteroatoms. The van der Waals surface area contributed by atoms with E-state index < -0.39 is 0 Å². The first kappa shape index (κ1) is 18.8. The van der Waals surface area contributed by atoms with Crippen LogP contribution in [0.1, 0.15) is 21.6 Å². The summed E-state index contributed by atoms with van der Waals surface area (Å²) < 4.78 is 3.28. The van der Waals surface area contributed by atoms with Crippen molar-refractivity contribution in [3.63, 3.8) is 0 Å². The van der Waals surface area contributed by atoms with Crippen LogP contribution in [-0.4, -0.2) is 17.0 Å². The zero-order chi connectivity index (χ0) is 19.3. The topological polar surface area (TPSA) is 34.0 Å². The van der Waals surface area contributed by atoms with Crippen molar-refractivity contribution in [3.8, 4) is 0 Å². The van der Waals surface area contributed by atoms with E-state index >= 15 is 0 Å². The molecule has 0 saturated heterocycles. The molecule has 1 amide bonds. The third kappa shape index (κ3) is 4.29. The van der Waals surface area contributed by atoms with Gasteiger partial charge in [-0.05, 0) is 53.6 Å². The van der Waals surface area contributed by atoms with E-state index in [1.807, 2.05) is 36.4 Å². The van der Waals surface area contributed by atoms with E-state index in [2.05, 4.69) is 45.6 Å². The smallest absolute Gasteiger partial charge is 0.267 e. The second kappa shape index (κ2) is 8.63. The van der Waals surface area contributed by atoms with Crippen molar-refractivity contribution < 1.29 is 4.79 Å². The molecule has 0 atom stereocenters. The molecule has 2 aromatic heterocycles. The van der Waals surface area contributed by atoms with Crippen LogP contribution in [0, 0.1) is 0 Å². The first-order valence-electron chi connectivity index (χ1n) is 9.34. The van der Waals surface area contributed by atoms with E-state index in [1.54, 1.807) is 11.3 Å². The zero-order valence-electron chi connectivity index (χ0n) is 15.4. The van der Waals surface area contributed by atoms with Crippen molar-refractivity contribution >= 4 is 39.1 Å². The van der Waals surface area contributed by atoms with Gasteiger partial charge in [-0.15, -0.1) is 11.3 Å². The maximum absolute atomic E-state index is 12.8. The Hall–Kier alpha value is -2.56. The molecule has 0 spiro atoms. The van der Waals surface area contributed by atoms with Gasteiger partial charge in [-0.2, -0.15) is 0 Å². The van der Waals surface area contributed by atoms with Gasteiger partial charge in [-0.3, -0.25) is 4.79 Å². The highest BCUT2D eigenvalue weighted by atomic mass is 35.5. The van der Waals surface area contributed by atoms with Crippen LogP contribution in [-0.2, 0) is 19.4 Å². The molecule has 0 aliphatic carbocycles. The minimum absolute atomic E-state index is 0.0228. The lowest BCUT2D eigenvalue weighted by Crippen LogP contribution is -2.28. The van der Waals surface area contributed by atoms with Gasteiger partial charge in [0.2, 0.25) is 0 Å². The molecule has 142 valence electrons. The summed E-state index contributed by atoms with van der Waals surface area (Å²) >= 11 is 7.59. The Balaban J connectivity index is 1.45. The highest BCUT2D eigenvalue weighted by molar-refractivity contribution is 7.17. The molecule has 0 fully saturated rings. The third-order valence-corrected chi connectivity index (χ3v) is 5.94. The van der Waals surface area contributed by atoms with E-state index in [9.17, 15) is 4.79 Å². The largest absolute Gasteiger partial charge is 0.350 e. The van der Waals surface area contributed by atoms with Crippen molar-refractivity contribution in [1.29, 1.82) is 0 Å². The van der Waals surface area contributed by atoms with E-state index in [1.165, 1.54) is 5.56 Å². The molecule has 4 aromatic rings. The van der Waals surface area contributed by atoms with Crippen LogP contribution >= 0.6 is 22.9 Å². The lowest BCUT2D eigenvalue weighted by Gasteiger charge is -2.11. The minimum Gasteiger partial charge on any atom is -0.350 e. The predicted octanol–water partition coefficient (Wildman–Crippen LogP) is 5.57. The van der Waals surface area contributed by atoms with Gasteiger partial charge in [0.1, 0.15) is 5.69 Å². The number of carbonyl (C=O) groups is 1. The van der Waals surface area contributed by atoms with E-state index in [0.29, 0.717) is 6.54 Å². The van der Waals surface area contributed by atoms with Crippen LogP contribution in [0.25, 0.3) is 10.2 Å². The summed E-state index contributed by atoms with van der Waals surface area (Å²) in [4.78, 5) is 12.8. The number of amides is 1. The van der Waals surface area contributed by atoms with Crippen LogP contribution in [0.3, 0.4) is 0 Å². The fourth-order valence-corrected chi connectivity index (χ4v) is 4.30. The molecule has 0 aliphatic heterocycles.